The highest BCUT2D eigenvalue weighted by atomic mass is 35.5. The van der Waals surface area contributed by atoms with E-state index in [0.717, 1.165) is 56.7 Å². The second-order valence-electron chi connectivity index (χ2n) is 7.59. The van der Waals surface area contributed by atoms with E-state index in [1.807, 2.05) is 19.2 Å². The molecule has 2 saturated heterocycles. The monoisotopic (exact) mass is 377 g/mol. The van der Waals surface area contributed by atoms with Crippen molar-refractivity contribution in [3.63, 3.8) is 0 Å². The number of benzene rings is 1. The zero-order chi connectivity index (χ0) is 18.0. The maximum atomic E-state index is 6.04. The number of halogens is 1. The quantitative estimate of drug-likeness (QED) is 0.647. The molecule has 6 heteroatoms. The molecule has 1 aliphatic carbocycles. The zero-order valence-corrected chi connectivity index (χ0v) is 16.2. The third-order valence-corrected chi connectivity index (χ3v) is 6.13. The molecule has 2 unspecified atom stereocenters. The molecule has 0 amide bonds. The Balaban J connectivity index is 1.36. The standard InChI is InChI=1S/C20H28ClN3O2/c1-22-19(24-10-12-26-18(13-24)17-3-2-11-25-17)23-14-20(8-9-20)15-4-6-16(21)7-5-15/h4-7,17-18H,2-3,8-14H2,1H3,(H,22,23). The smallest absolute Gasteiger partial charge is 0.193 e. The summed E-state index contributed by atoms with van der Waals surface area (Å²) in [5.41, 5.74) is 1.59. The SMILES string of the molecule is CN=C(NCC1(c2ccc(Cl)cc2)CC1)N1CCOC(C2CCCO2)C1. The van der Waals surface area contributed by atoms with E-state index in [2.05, 4.69) is 27.3 Å². The molecule has 4 rings (SSSR count). The summed E-state index contributed by atoms with van der Waals surface area (Å²) in [6, 6.07) is 8.28. The molecule has 3 aliphatic rings. The maximum Gasteiger partial charge on any atom is 0.193 e. The van der Waals surface area contributed by atoms with Crippen LogP contribution in [0.3, 0.4) is 0 Å². The largest absolute Gasteiger partial charge is 0.375 e. The first-order valence-electron chi connectivity index (χ1n) is 9.65. The predicted molar refractivity (Wildman–Crippen MR) is 104 cm³/mol. The topological polar surface area (TPSA) is 46.1 Å². The van der Waals surface area contributed by atoms with Crippen molar-refractivity contribution in [3.05, 3.63) is 34.9 Å². The molecule has 1 saturated carbocycles. The van der Waals surface area contributed by atoms with E-state index in [1.54, 1.807) is 0 Å². The van der Waals surface area contributed by atoms with Gasteiger partial charge in [0.2, 0.25) is 0 Å². The van der Waals surface area contributed by atoms with Crippen molar-refractivity contribution >= 4 is 17.6 Å². The first-order chi connectivity index (χ1) is 12.7. The lowest BCUT2D eigenvalue weighted by Gasteiger charge is -2.37. The van der Waals surface area contributed by atoms with Gasteiger partial charge in [0.05, 0.1) is 12.7 Å². The third-order valence-electron chi connectivity index (χ3n) is 5.88. The van der Waals surface area contributed by atoms with E-state index in [4.69, 9.17) is 21.1 Å². The van der Waals surface area contributed by atoms with Crippen molar-refractivity contribution in [2.75, 3.05) is 39.9 Å². The van der Waals surface area contributed by atoms with Crippen LogP contribution in [0.5, 0.6) is 0 Å². The third kappa shape index (κ3) is 3.85. The van der Waals surface area contributed by atoms with Gasteiger partial charge in [0.25, 0.3) is 0 Å². The molecule has 0 spiro atoms. The lowest BCUT2D eigenvalue weighted by atomic mass is 9.96. The van der Waals surface area contributed by atoms with Gasteiger partial charge in [0.15, 0.2) is 5.96 Å². The molecule has 1 N–H and O–H groups in total. The lowest BCUT2D eigenvalue weighted by molar-refractivity contribution is -0.0817. The van der Waals surface area contributed by atoms with Crippen LogP contribution >= 0.6 is 11.6 Å². The Labute approximate surface area is 160 Å². The summed E-state index contributed by atoms with van der Waals surface area (Å²) in [5.74, 6) is 0.969. The van der Waals surface area contributed by atoms with E-state index < -0.39 is 0 Å². The summed E-state index contributed by atoms with van der Waals surface area (Å²) >= 11 is 6.04. The van der Waals surface area contributed by atoms with Crippen LogP contribution in [0.4, 0.5) is 0 Å². The fourth-order valence-electron chi connectivity index (χ4n) is 4.09. The average Bonchev–Trinajstić information content (AvgIpc) is 3.26. The molecule has 2 atom stereocenters. The number of hydrogen-bond acceptors (Lipinski definition) is 3. The molecule has 26 heavy (non-hydrogen) atoms. The number of guanidine groups is 1. The Bertz CT molecular complexity index is 639. The Kier molecular flexibility index (Phi) is 5.39. The summed E-state index contributed by atoms with van der Waals surface area (Å²) in [6.07, 6.45) is 5.04. The first kappa shape index (κ1) is 18.1. The van der Waals surface area contributed by atoms with Crippen LogP contribution < -0.4 is 5.32 Å². The maximum absolute atomic E-state index is 6.04. The first-order valence-corrected chi connectivity index (χ1v) is 10.0. The zero-order valence-electron chi connectivity index (χ0n) is 15.4. The van der Waals surface area contributed by atoms with Gasteiger partial charge in [0, 0.05) is 43.7 Å². The van der Waals surface area contributed by atoms with Crippen molar-refractivity contribution in [2.45, 2.75) is 43.3 Å². The van der Waals surface area contributed by atoms with Crippen molar-refractivity contribution in [1.82, 2.24) is 10.2 Å². The van der Waals surface area contributed by atoms with Crippen molar-refractivity contribution < 1.29 is 9.47 Å². The molecule has 0 aromatic heterocycles. The van der Waals surface area contributed by atoms with Crippen LogP contribution in [0, 0.1) is 0 Å². The summed E-state index contributed by atoms with van der Waals surface area (Å²) < 4.78 is 11.8. The Morgan fingerprint density at radius 2 is 2.00 bits per heavy atom. The Morgan fingerprint density at radius 3 is 2.65 bits per heavy atom. The van der Waals surface area contributed by atoms with Crippen LogP contribution in [0.25, 0.3) is 0 Å². The van der Waals surface area contributed by atoms with E-state index in [1.165, 1.54) is 18.4 Å². The number of nitrogens with zero attached hydrogens (tertiary/aromatic N) is 2. The number of aliphatic imine (C=N–C) groups is 1. The van der Waals surface area contributed by atoms with Gasteiger partial charge in [-0.2, -0.15) is 0 Å². The highest BCUT2D eigenvalue weighted by Crippen LogP contribution is 2.47. The molecule has 1 aromatic rings. The van der Waals surface area contributed by atoms with E-state index in [-0.39, 0.29) is 17.6 Å². The van der Waals surface area contributed by atoms with Crippen molar-refractivity contribution in [3.8, 4) is 0 Å². The second kappa shape index (κ2) is 7.75. The van der Waals surface area contributed by atoms with Gasteiger partial charge < -0.3 is 19.7 Å². The molecule has 2 heterocycles. The van der Waals surface area contributed by atoms with Crippen LogP contribution in [-0.2, 0) is 14.9 Å². The fourth-order valence-corrected chi connectivity index (χ4v) is 4.22. The van der Waals surface area contributed by atoms with Crippen LogP contribution in [-0.4, -0.2) is 63.0 Å². The van der Waals surface area contributed by atoms with E-state index >= 15 is 0 Å². The lowest BCUT2D eigenvalue weighted by Crippen LogP contribution is -2.54. The molecule has 5 nitrogen and oxygen atoms in total. The summed E-state index contributed by atoms with van der Waals surface area (Å²) in [5, 5.41) is 4.41. The predicted octanol–water partition coefficient (Wildman–Crippen LogP) is 2.83. The molecule has 3 fully saturated rings. The highest BCUT2D eigenvalue weighted by molar-refractivity contribution is 6.30. The van der Waals surface area contributed by atoms with Gasteiger partial charge in [-0.15, -0.1) is 0 Å². The van der Waals surface area contributed by atoms with Gasteiger partial charge in [-0.3, -0.25) is 4.99 Å². The molecule has 1 aromatic carbocycles. The highest BCUT2D eigenvalue weighted by Gasteiger charge is 2.44. The number of morpholine rings is 1. The second-order valence-corrected chi connectivity index (χ2v) is 8.03. The molecular formula is C20H28ClN3O2. The van der Waals surface area contributed by atoms with Crippen molar-refractivity contribution in [2.24, 2.45) is 4.99 Å². The number of hydrogen-bond donors (Lipinski definition) is 1. The molecule has 0 radical (unpaired) electrons. The minimum absolute atomic E-state index is 0.149. The molecule has 0 bridgehead atoms. The van der Waals surface area contributed by atoms with Gasteiger partial charge >= 0.3 is 0 Å². The minimum atomic E-state index is 0.149. The number of ether oxygens (including phenoxy) is 2. The molecule has 142 valence electrons. The molecule has 2 aliphatic heterocycles. The summed E-state index contributed by atoms with van der Waals surface area (Å²) in [4.78, 5) is 6.84. The average molecular weight is 378 g/mol. The summed E-state index contributed by atoms with van der Waals surface area (Å²) in [6.45, 7) is 4.22. The van der Waals surface area contributed by atoms with Gasteiger partial charge in [-0.05, 0) is 43.4 Å². The van der Waals surface area contributed by atoms with Crippen LogP contribution in [0.15, 0.2) is 29.3 Å². The van der Waals surface area contributed by atoms with Gasteiger partial charge in [0.1, 0.15) is 6.10 Å². The molecular weight excluding hydrogens is 350 g/mol. The fraction of sp³-hybridized carbons (Fsp3) is 0.650. The summed E-state index contributed by atoms with van der Waals surface area (Å²) in [7, 11) is 1.86. The van der Waals surface area contributed by atoms with E-state index in [0.29, 0.717) is 0 Å². The Morgan fingerprint density at radius 1 is 1.23 bits per heavy atom. The van der Waals surface area contributed by atoms with Crippen LogP contribution in [0.1, 0.15) is 31.2 Å². The van der Waals surface area contributed by atoms with Gasteiger partial charge in [-0.1, -0.05) is 23.7 Å². The Hall–Kier alpha value is -1.30. The van der Waals surface area contributed by atoms with Gasteiger partial charge in [-0.25, -0.2) is 0 Å². The number of rotatable bonds is 4. The van der Waals surface area contributed by atoms with E-state index in [9.17, 15) is 0 Å². The number of nitrogens with one attached hydrogen (secondary N) is 1. The van der Waals surface area contributed by atoms with Crippen LogP contribution in [0.2, 0.25) is 5.02 Å². The normalized spacial score (nSPS) is 28.2. The minimum Gasteiger partial charge on any atom is -0.375 e. The van der Waals surface area contributed by atoms with Crippen molar-refractivity contribution in [1.29, 1.82) is 0 Å².